The molecule has 0 aliphatic carbocycles. The quantitative estimate of drug-likeness (QED) is 0.640. The Bertz CT molecular complexity index is 956. The molecule has 2 aliphatic heterocycles. The van der Waals surface area contributed by atoms with E-state index in [1.165, 1.54) is 11.8 Å². The number of nitrogens with zero attached hydrogens (tertiary/aromatic N) is 1. The van der Waals surface area contributed by atoms with Crippen LogP contribution in [0.15, 0.2) is 53.4 Å². The van der Waals surface area contributed by atoms with Crippen molar-refractivity contribution in [3.8, 4) is 5.75 Å². The van der Waals surface area contributed by atoms with Gasteiger partial charge >= 0.3 is 0 Å². The summed E-state index contributed by atoms with van der Waals surface area (Å²) in [6.07, 6.45) is 1.71. The first-order chi connectivity index (χ1) is 13.1. The minimum Gasteiger partial charge on any atom is -0.490 e. The number of fused-ring (bicyclic) bond motifs is 1. The van der Waals surface area contributed by atoms with E-state index in [9.17, 15) is 14.4 Å². The number of amides is 3. The van der Waals surface area contributed by atoms with Crippen molar-refractivity contribution in [2.24, 2.45) is 0 Å². The molecule has 4 rings (SSSR count). The predicted octanol–water partition coefficient (Wildman–Crippen LogP) is 2.46. The fourth-order valence-electron chi connectivity index (χ4n) is 2.96. The summed E-state index contributed by atoms with van der Waals surface area (Å²) in [7, 11) is 0. The predicted molar refractivity (Wildman–Crippen MR) is 104 cm³/mol. The molecule has 2 aliphatic rings. The Morgan fingerprint density at radius 1 is 1.15 bits per heavy atom. The van der Waals surface area contributed by atoms with E-state index in [-0.39, 0.29) is 17.6 Å². The summed E-state index contributed by atoms with van der Waals surface area (Å²) in [6.45, 7) is 0.872. The Kier molecular flexibility index (Phi) is 4.68. The normalized spacial score (nSPS) is 17.9. The molecule has 27 heavy (non-hydrogen) atoms. The van der Waals surface area contributed by atoms with Crippen LogP contribution in [0.25, 0.3) is 6.08 Å². The minimum absolute atomic E-state index is 0.0969. The number of hydrogen-bond acceptors (Lipinski definition) is 5. The number of carbonyl (C=O) groups excluding carboxylic acids is 3. The summed E-state index contributed by atoms with van der Waals surface area (Å²) in [6, 6.07) is 14.5. The molecule has 1 fully saturated rings. The van der Waals surface area contributed by atoms with E-state index in [0.29, 0.717) is 35.1 Å². The van der Waals surface area contributed by atoms with Gasteiger partial charge in [-0.1, -0.05) is 24.3 Å². The second-order valence-electron chi connectivity index (χ2n) is 6.07. The molecule has 0 bridgehead atoms. The topological polar surface area (TPSA) is 75.7 Å². The van der Waals surface area contributed by atoms with E-state index in [1.54, 1.807) is 29.2 Å². The van der Waals surface area contributed by atoms with Gasteiger partial charge in [0.15, 0.2) is 0 Å². The van der Waals surface area contributed by atoms with Crippen molar-refractivity contribution >= 4 is 41.2 Å². The molecule has 0 radical (unpaired) electrons. The second-order valence-corrected chi connectivity index (χ2v) is 7.09. The van der Waals surface area contributed by atoms with Crippen molar-refractivity contribution < 1.29 is 19.1 Å². The van der Waals surface area contributed by atoms with Gasteiger partial charge in [-0.2, -0.15) is 0 Å². The van der Waals surface area contributed by atoms with E-state index in [0.717, 1.165) is 5.56 Å². The minimum atomic E-state index is -0.401. The highest BCUT2D eigenvalue weighted by Gasteiger charge is 2.25. The van der Waals surface area contributed by atoms with Crippen LogP contribution in [-0.2, 0) is 9.59 Å². The first-order valence-electron chi connectivity index (χ1n) is 8.44. The van der Waals surface area contributed by atoms with E-state index >= 15 is 0 Å². The number of hydrogen-bond donors (Lipinski definition) is 1. The molecule has 0 unspecified atom stereocenters. The molecule has 0 atom stereocenters. The first kappa shape index (κ1) is 17.4. The molecule has 0 aromatic heterocycles. The van der Waals surface area contributed by atoms with E-state index in [4.69, 9.17) is 4.74 Å². The largest absolute Gasteiger partial charge is 0.490 e. The number of anilines is 1. The zero-order valence-electron chi connectivity index (χ0n) is 14.3. The molecule has 2 heterocycles. The Morgan fingerprint density at radius 3 is 2.74 bits per heavy atom. The first-order valence-corrected chi connectivity index (χ1v) is 9.43. The zero-order chi connectivity index (χ0) is 18.8. The molecule has 3 amide bonds. The number of benzene rings is 2. The van der Waals surface area contributed by atoms with E-state index in [2.05, 4.69) is 5.32 Å². The van der Waals surface area contributed by atoms with E-state index < -0.39 is 5.91 Å². The van der Waals surface area contributed by atoms with Crippen molar-refractivity contribution in [2.45, 2.75) is 0 Å². The molecule has 6 nitrogen and oxygen atoms in total. The molecule has 0 saturated carbocycles. The number of ether oxygens (including phenoxy) is 1. The van der Waals surface area contributed by atoms with Crippen molar-refractivity contribution in [3.05, 3.63) is 64.6 Å². The van der Waals surface area contributed by atoms with Crippen LogP contribution in [0.1, 0.15) is 15.9 Å². The highest BCUT2D eigenvalue weighted by molar-refractivity contribution is 8.04. The lowest BCUT2D eigenvalue weighted by molar-refractivity contribution is -0.126. The molecular weight excluding hydrogens is 364 g/mol. The third-order valence-corrected chi connectivity index (χ3v) is 5.27. The molecule has 1 N–H and O–H groups in total. The van der Waals surface area contributed by atoms with Crippen molar-refractivity contribution in [1.82, 2.24) is 5.32 Å². The van der Waals surface area contributed by atoms with Crippen LogP contribution in [-0.4, -0.2) is 36.6 Å². The lowest BCUT2D eigenvalue weighted by Gasteiger charge is -2.30. The van der Waals surface area contributed by atoms with Gasteiger partial charge in [-0.3, -0.25) is 19.7 Å². The van der Waals surface area contributed by atoms with Crippen LogP contribution in [0.3, 0.4) is 0 Å². The Morgan fingerprint density at radius 2 is 1.96 bits per heavy atom. The number of nitrogens with one attached hydrogen (secondary N) is 1. The summed E-state index contributed by atoms with van der Waals surface area (Å²) in [5.41, 5.74) is 2.04. The van der Waals surface area contributed by atoms with Gasteiger partial charge < -0.3 is 9.64 Å². The maximum Gasteiger partial charge on any atom is 0.264 e. The van der Waals surface area contributed by atoms with Crippen molar-refractivity contribution in [1.29, 1.82) is 0 Å². The fourth-order valence-corrected chi connectivity index (χ4v) is 3.72. The number of carbonyl (C=O) groups is 3. The van der Waals surface area contributed by atoms with E-state index in [1.807, 2.05) is 30.3 Å². The number of rotatable bonds is 2. The van der Waals surface area contributed by atoms with Crippen LogP contribution in [0.2, 0.25) is 0 Å². The molecule has 136 valence electrons. The summed E-state index contributed by atoms with van der Waals surface area (Å²) in [5, 5.41) is 2.30. The second kappa shape index (κ2) is 7.28. The molecule has 7 heteroatoms. The molecule has 2 aromatic rings. The van der Waals surface area contributed by atoms with Gasteiger partial charge in [0.1, 0.15) is 12.4 Å². The monoisotopic (exact) mass is 380 g/mol. The average molecular weight is 380 g/mol. The molecular formula is C20H16N2O4S. The highest BCUT2D eigenvalue weighted by Crippen LogP contribution is 2.35. The summed E-state index contributed by atoms with van der Waals surface area (Å²) >= 11 is 1.20. The van der Waals surface area contributed by atoms with Crippen molar-refractivity contribution in [3.63, 3.8) is 0 Å². The maximum absolute atomic E-state index is 12.9. The van der Waals surface area contributed by atoms with Gasteiger partial charge in [0.2, 0.25) is 5.91 Å². The van der Waals surface area contributed by atoms with Crippen LogP contribution < -0.4 is 15.0 Å². The maximum atomic E-state index is 12.9. The van der Waals surface area contributed by atoms with Gasteiger partial charge in [0.05, 0.1) is 22.9 Å². The van der Waals surface area contributed by atoms with Gasteiger partial charge in [-0.15, -0.1) is 11.8 Å². The van der Waals surface area contributed by atoms with Gasteiger partial charge in [-0.05, 0) is 35.9 Å². The van der Waals surface area contributed by atoms with Gasteiger partial charge in [0.25, 0.3) is 11.8 Å². The summed E-state index contributed by atoms with van der Waals surface area (Å²) in [5.74, 6) is 0.0524. The third kappa shape index (κ3) is 3.59. The average Bonchev–Trinajstić information content (AvgIpc) is 2.70. The third-order valence-electron chi connectivity index (χ3n) is 4.25. The fraction of sp³-hybridized carbons (Fsp3) is 0.150. The lowest BCUT2D eigenvalue weighted by atomic mass is 10.1. The number of thioether (sulfide) groups is 1. The molecule has 0 spiro atoms. The Hall–Kier alpha value is -3.06. The standard InChI is InChI=1S/C20H16N2O4S/c23-18-12-27-17(19(24)21-18)11-13-6-7-16-15(10-13)22(8-9-26-16)20(25)14-4-2-1-3-5-14/h1-7,10-11H,8-9,12H2,(H,21,23,24)/b17-11-. The highest BCUT2D eigenvalue weighted by atomic mass is 32.2. The Labute approximate surface area is 160 Å². The smallest absolute Gasteiger partial charge is 0.264 e. The Balaban J connectivity index is 1.66. The molecule has 2 aromatic carbocycles. The van der Waals surface area contributed by atoms with Crippen molar-refractivity contribution in [2.75, 3.05) is 23.8 Å². The van der Waals surface area contributed by atoms with Crippen LogP contribution in [0, 0.1) is 0 Å². The summed E-state index contributed by atoms with van der Waals surface area (Å²) < 4.78 is 5.68. The lowest BCUT2D eigenvalue weighted by Crippen LogP contribution is -2.38. The van der Waals surface area contributed by atoms with Gasteiger partial charge in [0, 0.05) is 5.56 Å². The van der Waals surface area contributed by atoms with Crippen LogP contribution in [0.5, 0.6) is 5.75 Å². The van der Waals surface area contributed by atoms with Crippen LogP contribution >= 0.6 is 11.8 Å². The SMILES string of the molecule is O=C1CS/C(=C\c2ccc3c(c2)N(C(=O)c2ccccc2)CCO3)C(=O)N1. The summed E-state index contributed by atoms with van der Waals surface area (Å²) in [4.78, 5) is 38.3. The molecule has 1 saturated heterocycles. The number of imide groups is 1. The van der Waals surface area contributed by atoms with Gasteiger partial charge in [-0.25, -0.2) is 0 Å². The van der Waals surface area contributed by atoms with Crippen LogP contribution in [0.4, 0.5) is 5.69 Å². The zero-order valence-corrected chi connectivity index (χ0v) is 15.1.